The maximum Gasteiger partial charge on any atom is 0.165 e. The zero-order valence-electron chi connectivity index (χ0n) is 11.9. The van der Waals surface area contributed by atoms with Crippen LogP contribution in [0.15, 0.2) is 18.2 Å². The topological polar surface area (TPSA) is 23.5 Å². The van der Waals surface area contributed by atoms with Crippen LogP contribution in [0.3, 0.4) is 0 Å². The molecule has 0 amide bonds. The van der Waals surface area contributed by atoms with Gasteiger partial charge in [0.25, 0.3) is 0 Å². The molecule has 0 aromatic heterocycles. The highest BCUT2D eigenvalue weighted by atomic mass is 19.1. The first-order valence-corrected chi connectivity index (χ1v) is 7.27. The van der Waals surface area contributed by atoms with E-state index < -0.39 is 5.82 Å². The van der Waals surface area contributed by atoms with E-state index >= 15 is 0 Å². The van der Waals surface area contributed by atoms with Crippen LogP contribution >= 0.6 is 0 Å². The van der Waals surface area contributed by atoms with Gasteiger partial charge < -0.3 is 5.11 Å². The molecule has 0 heterocycles. The average molecular weight is 265 g/mol. The van der Waals surface area contributed by atoms with Crippen molar-refractivity contribution in [2.75, 3.05) is 7.05 Å². The summed E-state index contributed by atoms with van der Waals surface area (Å²) in [6, 6.07) is 5.28. The van der Waals surface area contributed by atoms with Gasteiger partial charge in [0.2, 0.25) is 0 Å². The Morgan fingerprint density at radius 2 is 1.95 bits per heavy atom. The lowest BCUT2D eigenvalue weighted by atomic mass is 9.84. The zero-order chi connectivity index (χ0) is 13.8. The fourth-order valence-electron chi connectivity index (χ4n) is 3.06. The summed E-state index contributed by atoms with van der Waals surface area (Å²) in [5, 5.41) is 9.19. The van der Waals surface area contributed by atoms with Gasteiger partial charge in [0.05, 0.1) is 0 Å². The first-order valence-electron chi connectivity index (χ1n) is 7.27. The van der Waals surface area contributed by atoms with Gasteiger partial charge in [-0.1, -0.05) is 19.4 Å². The largest absolute Gasteiger partial charge is 0.505 e. The predicted octanol–water partition coefficient (Wildman–Crippen LogP) is 3.93. The molecule has 3 heteroatoms. The summed E-state index contributed by atoms with van der Waals surface area (Å²) >= 11 is 0. The first kappa shape index (κ1) is 14.3. The van der Waals surface area contributed by atoms with Gasteiger partial charge in [-0.3, -0.25) is 4.90 Å². The standard InChI is InChI=1S/C16H24FNO/c1-3-12-4-7-14(8-5-12)18(2)11-13-6-9-16(19)15(17)10-13/h6,9-10,12,14,19H,3-5,7-8,11H2,1-2H3. The van der Waals surface area contributed by atoms with Gasteiger partial charge in [-0.25, -0.2) is 4.39 Å². The molecule has 2 nitrogen and oxygen atoms in total. The maximum atomic E-state index is 13.3. The summed E-state index contributed by atoms with van der Waals surface area (Å²) < 4.78 is 13.3. The van der Waals surface area contributed by atoms with Crippen LogP contribution in [0.25, 0.3) is 0 Å². The van der Waals surface area contributed by atoms with E-state index in [2.05, 4.69) is 18.9 Å². The normalized spacial score (nSPS) is 23.8. The van der Waals surface area contributed by atoms with E-state index in [1.54, 1.807) is 6.07 Å². The first-order chi connectivity index (χ1) is 9.10. The minimum atomic E-state index is -0.527. The van der Waals surface area contributed by atoms with Gasteiger partial charge in [-0.15, -0.1) is 0 Å². The molecule has 0 unspecified atom stereocenters. The Labute approximate surface area is 115 Å². The monoisotopic (exact) mass is 265 g/mol. The van der Waals surface area contributed by atoms with E-state index in [4.69, 9.17) is 0 Å². The molecule has 0 spiro atoms. The highest BCUT2D eigenvalue weighted by Crippen LogP contribution is 2.29. The minimum Gasteiger partial charge on any atom is -0.505 e. The third-order valence-electron chi connectivity index (χ3n) is 4.46. The van der Waals surface area contributed by atoms with Crippen molar-refractivity contribution >= 4 is 0 Å². The van der Waals surface area contributed by atoms with E-state index in [1.807, 2.05) is 0 Å². The third-order valence-corrected chi connectivity index (χ3v) is 4.46. The lowest BCUT2D eigenvalue weighted by molar-refractivity contribution is 0.157. The van der Waals surface area contributed by atoms with Crippen molar-refractivity contribution in [2.24, 2.45) is 5.92 Å². The van der Waals surface area contributed by atoms with Gasteiger partial charge in [0.15, 0.2) is 11.6 Å². The number of rotatable bonds is 4. The number of phenols is 1. The summed E-state index contributed by atoms with van der Waals surface area (Å²) in [6.45, 7) is 3.02. The molecular formula is C16H24FNO. The molecular weight excluding hydrogens is 241 g/mol. The Hall–Kier alpha value is -1.09. The van der Waals surface area contributed by atoms with Crippen LogP contribution in [0.4, 0.5) is 4.39 Å². The molecule has 1 N–H and O–H groups in total. The molecule has 0 radical (unpaired) electrons. The molecule has 0 atom stereocenters. The number of aromatic hydroxyl groups is 1. The summed E-state index contributed by atoms with van der Waals surface area (Å²) in [7, 11) is 2.11. The van der Waals surface area contributed by atoms with Crippen molar-refractivity contribution < 1.29 is 9.50 Å². The van der Waals surface area contributed by atoms with Gasteiger partial charge in [0, 0.05) is 12.6 Å². The predicted molar refractivity (Wildman–Crippen MR) is 75.6 cm³/mol. The van der Waals surface area contributed by atoms with Crippen molar-refractivity contribution in [1.82, 2.24) is 4.90 Å². The van der Waals surface area contributed by atoms with Gasteiger partial charge in [0.1, 0.15) is 0 Å². The minimum absolute atomic E-state index is 0.269. The highest BCUT2D eigenvalue weighted by molar-refractivity contribution is 5.27. The molecule has 19 heavy (non-hydrogen) atoms. The van der Waals surface area contributed by atoms with E-state index in [9.17, 15) is 9.50 Å². The quantitative estimate of drug-likeness (QED) is 0.891. The molecule has 0 aliphatic heterocycles. The maximum absolute atomic E-state index is 13.3. The molecule has 1 aromatic carbocycles. The molecule has 1 aliphatic carbocycles. The SMILES string of the molecule is CCC1CCC(N(C)Cc2ccc(O)c(F)c2)CC1. The second kappa shape index (κ2) is 6.38. The zero-order valence-corrected chi connectivity index (χ0v) is 11.9. The van der Waals surface area contributed by atoms with Crippen LogP contribution < -0.4 is 0 Å². The van der Waals surface area contributed by atoms with E-state index in [0.717, 1.165) is 18.0 Å². The molecule has 1 aromatic rings. The Balaban J connectivity index is 1.90. The summed E-state index contributed by atoms with van der Waals surface area (Å²) in [4.78, 5) is 2.32. The van der Waals surface area contributed by atoms with E-state index in [1.165, 1.54) is 44.2 Å². The molecule has 0 saturated heterocycles. The van der Waals surface area contributed by atoms with Gasteiger partial charge >= 0.3 is 0 Å². The Morgan fingerprint density at radius 3 is 2.53 bits per heavy atom. The van der Waals surface area contributed by atoms with E-state index in [0.29, 0.717) is 6.04 Å². The van der Waals surface area contributed by atoms with Crippen LogP contribution in [-0.4, -0.2) is 23.1 Å². The van der Waals surface area contributed by atoms with Crippen molar-refractivity contribution in [3.63, 3.8) is 0 Å². The summed E-state index contributed by atoms with van der Waals surface area (Å²) in [5.41, 5.74) is 0.926. The molecule has 0 bridgehead atoms. The van der Waals surface area contributed by atoms with Gasteiger partial charge in [-0.2, -0.15) is 0 Å². The van der Waals surface area contributed by atoms with Crippen LogP contribution in [0.5, 0.6) is 5.75 Å². The molecule has 2 rings (SSSR count). The van der Waals surface area contributed by atoms with Crippen LogP contribution in [0.2, 0.25) is 0 Å². The second-order valence-electron chi connectivity index (χ2n) is 5.78. The van der Waals surface area contributed by atoms with Crippen LogP contribution in [0, 0.1) is 11.7 Å². The Morgan fingerprint density at radius 1 is 1.26 bits per heavy atom. The number of phenolic OH excluding ortho intramolecular Hbond substituents is 1. The Kier molecular flexibility index (Phi) is 4.81. The summed E-state index contributed by atoms with van der Waals surface area (Å²) in [6.07, 6.45) is 6.41. The van der Waals surface area contributed by atoms with Gasteiger partial charge in [-0.05, 0) is 56.3 Å². The fourth-order valence-corrected chi connectivity index (χ4v) is 3.06. The molecule has 1 aliphatic rings. The van der Waals surface area contributed by atoms with Crippen LogP contribution in [0.1, 0.15) is 44.6 Å². The van der Waals surface area contributed by atoms with Crippen molar-refractivity contribution in [3.8, 4) is 5.75 Å². The van der Waals surface area contributed by atoms with Crippen molar-refractivity contribution in [3.05, 3.63) is 29.6 Å². The number of nitrogens with zero attached hydrogens (tertiary/aromatic N) is 1. The van der Waals surface area contributed by atoms with Crippen molar-refractivity contribution in [1.29, 1.82) is 0 Å². The Bertz CT molecular complexity index is 413. The average Bonchev–Trinajstić information content (AvgIpc) is 2.43. The number of benzene rings is 1. The third kappa shape index (κ3) is 3.69. The van der Waals surface area contributed by atoms with Crippen molar-refractivity contribution in [2.45, 2.75) is 51.6 Å². The smallest absolute Gasteiger partial charge is 0.165 e. The fraction of sp³-hybridized carbons (Fsp3) is 0.625. The molecule has 1 saturated carbocycles. The molecule has 106 valence electrons. The highest BCUT2D eigenvalue weighted by Gasteiger charge is 2.23. The van der Waals surface area contributed by atoms with Crippen LogP contribution in [-0.2, 0) is 6.54 Å². The number of halogens is 1. The second-order valence-corrected chi connectivity index (χ2v) is 5.78. The number of hydrogen-bond donors (Lipinski definition) is 1. The lowest BCUT2D eigenvalue weighted by Crippen LogP contribution is -2.34. The summed E-state index contributed by atoms with van der Waals surface area (Å²) in [5.74, 6) is 0.103. The molecule has 1 fully saturated rings. The lowest BCUT2D eigenvalue weighted by Gasteiger charge is -2.34. The van der Waals surface area contributed by atoms with E-state index in [-0.39, 0.29) is 5.75 Å². The number of hydrogen-bond acceptors (Lipinski definition) is 2.